The third kappa shape index (κ3) is 4.56. The fourth-order valence-electron chi connectivity index (χ4n) is 2.32. The molecule has 0 aliphatic heterocycles. The number of aromatic nitrogens is 2. The Labute approximate surface area is 145 Å². The monoisotopic (exact) mass is 343 g/mol. The molecule has 3 N–H and O–H groups in total. The molecule has 1 aliphatic carbocycles. The van der Waals surface area contributed by atoms with E-state index in [-0.39, 0.29) is 18.5 Å². The van der Waals surface area contributed by atoms with Gasteiger partial charge in [-0.15, -0.1) is 0 Å². The summed E-state index contributed by atoms with van der Waals surface area (Å²) in [6.45, 7) is 3.64. The van der Waals surface area contributed by atoms with Crippen LogP contribution in [0, 0.1) is 6.92 Å². The molecule has 0 radical (unpaired) electrons. The van der Waals surface area contributed by atoms with Crippen molar-refractivity contribution < 1.29 is 14.1 Å². The lowest BCUT2D eigenvalue weighted by molar-refractivity contribution is -0.120. The van der Waals surface area contributed by atoms with Crippen molar-refractivity contribution in [3.05, 3.63) is 35.7 Å². The lowest BCUT2D eigenvalue weighted by atomic mass is 10.1. The van der Waals surface area contributed by atoms with Gasteiger partial charge in [-0.05, 0) is 32.3 Å². The van der Waals surface area contributed by atoms with Gasteiger partial charge in [0, 0.05) is 11.6 Å². The molecule has 8 nitrogen and oxygen atoms in total. The smallest absolute Gasteiger partial charge is 0.315 e. The van der Waals surface area contributed by atoms with Crippen LogP contribution in [0.5, 0.6) is 0 Å². The van der Waals surface area contributed by atoms with Crippen LogP contribution in [0.2, 0.25) is 0 Å². The van der Waals surface area contributed by atoms with Crippen LogP contribution in [0.3, 0.4) is 0 Å². The molecule has 8 heteroatoms. The van der Waals surface area contributed by atoms with Crippen LogP contribution in [0.25, 0.3) is 11.4 Å². The van der Waals surface area contributed by atoms with E-state index >= 15 is 0 Å². The molecule has 1 saturated carbocycles. The van der Waals surface area contributed by atoms with Crippen LogP contribution in [0.1, 0.15) is 37.3 Å². The first kappa shape index (κ1) is 16.9. The van der Waals surface area contributed by atoms with Gasteiger partial charge in [0.05, 0.1) is 6.54 Å². The molecule has 2 aromatic rings. The Morgan fingerprint density at radius 2 is 2.08 bits per heavy atom. The van der Waals surface area contributed by atoms with Crippen LogP contribution in [-0.2, 0) is 4.79 Å². The van der Waals surface area contributed by atoms with Gasteiger partial charge in [-0.3, -0.25) is 4.79 Å². The predicted octanol–water partition coefficient (Wildman–Crippen LogP) is 1.68. The van der Waals surface area contributed by atoms with Gasteiger partial charge in [-0.2, -0.15) is 4.98 Å². The van der Waals surface area contributed by atoms with Gasteiger partial charge in [-0.1, -0.05) is 29.4 Å². The van der Waals surface area contributed by atoms with Crippen molar-refractivity contribution in [2.45, 2.75) is 38.8 Å². The van der Waals surface area contributed by atoms with Crippen molar-refractivity contribution in [3.63, 3.8) is 0 Å². The summed E-state index contributed by atoms with van der Waals surface area (Å²) in [6.07, 6.45) is 2.02. The molecule has 3 rings (SSSR count). The van der Waals surface area contributed by atoms with E-state index in [1.54, 1.807) is 6.92 Å². The van der Waals surface area contributed by atoms with Crippen molar-refractivity contribution in [2.24, 2.45) is 0 Å². The maximum atomic E-state index is 11.9. The molecule has 1 aliphatic rings. The number of hydrogen-bond donors (Lipinski definition) is 3. The molecule has 25 heavy (non-hydrogen) atoms. The average Bonchev–Trinajstić information content (AvgIpc) is 3.25. The van der Waals surface area contributed by atoms with Crippen LogP contribution < -0.4 is 16.0 Å². The number of carbonyl (C=O) groups excluding carboxylic acids is 2. The predicted molar refractivity (Wildman–Crippen MR) is 90.6 cm³/mol. The van der Waals surface area contributed by atoms with E-state index in [1.165, 1.54) is 0 Å². The zero-order valence-electron chi connectivity index (χ0n) is 14.2. The van der Waals surface area contributed by atoms with E-state index in [1.807, 2.05) is 31.2 Å². The highest BCUT2D eigenvalue weighted by Crippen LogP contribution is 2.21. The molecule has 0 saturated heterocycles. The first-order valence-electron chi connectivity index (χ1n) is 8.26. The first-order valence-corrected chi connectivity index (χ1v) is 8.26. The van der Waals surface area contributed by atoms with Crippen molar-refractivity contribution >= 4 is 11.9 Å². The van der Waals surface area contributed by atoms with Crippen molar-refractivity contribution in [1.82, 2.24) is 26.1 Å². The maximum absolute atomic E-state index is 11.9. The Balaban J connectivity index is 1.52. The van der Waals surface area contributed by atoms with Crippen LogP contribution in [0.4, 0.5) is 4.79 Å². The van der Waals surface area contributed by atoms with Gasteiger partial charge in [0.25, 0.3) is 0 Å². The summed E-state index contributed by atoms with van der Waals surface area (Å²) < 4.78 is 5.24. The SMILES string of the molecule is Cc1ccccc1-c1noc(C(C)NC(=O)NCC(=O)NC2CC2)n1. The summed E-state index contributed by atoms with van der Waals surface area (Å²) in [7, 11) is 0. The van der Waals surface area contributed by atoms with E-state index in [0.29, 0.717) is 11.7 Å². The largest absolute Gasteiger partial charge is 0.352 e. The third-order valence-electron chi connectivity index (χ3n) is 3.90. The van der Waals surface area contributed by atoms with Crippen LogP contribution >= 0.6 is 0 Å². The molecule has 0 spiro atoms. The number of benzene rings is 1. The number of urea groups is 1. The van der Waals surface area contributed by atoms with Gasteiger partial charge < -0.3 is 20.5 Å². The van der Waals surface area contributed by atoms with E-state index in [4.69, 9.17) is 4.52 Å². The first-order chi connectivity index (χ1) is 12.0. The summed E-state index contributed by atoms with van der Waals surface area (Å²) in [5.41, 5.74) is 1.92. The summed E-state index contributed by atoms with van der Waals surface area (Å²) in [6, 6.07) is 7.05. The quantitative estimate of drug-likeness (QED) is 0.739. The molecule has 3 amide bonds. The maximum Gasteiger partial charge on any atom is 0.315 e. The Morgan fingerprint density at radius 1 is 1.32 bits per heavy atom. The summed E-state index contributed by atoms with van der Waals surface area (Å²) in [4.78, 5) is 27.8. The van der Waals surface area contributed by atoms with Gasteiger partial charge in [0.15, 0.2) is 0 Å². The fraction of sp³-hybridized carbons (Fsp3) is 0.412. The number of nitrogens with zero attached hydrogens (tertiary/aromatic N) is 2. The van der Waals surface area contributed by atoms with Crippen LogP contribution in [0.15, 0.2) is 28.8 Å². The number of nitrogens with one attached hydrogen (secondary N) is 3. The summed E-state index contributed by atoms with van der Waals surface area (Å²) in [5.74, 6) is 0.590. The molecule has 1 fully saturated rings. The minimum atomic E-state index is -0.475. The normalized spacial score (nSPS) is 14.6. The van der Waals surface area contributed by atoms with E-state index in [9.17, 15) is 9.59 Å². The second kappa shape index (κ2) is 7.33. The molecular formula is C17H21N5O3. The highest BCUT2D eigenvalue weighted by Gasteiger charge is 2.23. The van der Waals surface area contributed by atoms with Gasteiger partial charge >= 0.3 is 6.03 Å². The molecule has 1 atom stereocenters. The fourth-order valence-corrected chi connectivity index (χ4v) is 2.32. The molecule has 1 unspecified atom stereocenters. The zero-order chi connectivity index (χ0) is 17.8. The van der Waals surface area contributed by atoms with Crippen molar-refractivity contribution in [2.75, 3.05) is 6.54 Å². The molecule has 1 aromatic carbocycles. The highest BCUT2D eigenvalue weighted by atomic mass is 16.5. The lowest BCUT2D eigenvalue weighted by Gasteiger charge is -2.11. The summed E-state index contributed by atoms with van der Waals surface area (Å²) >= 11 is 0. The Hall–Kier alpha value is -2.90. The number of hydrogen-bond acceptors (Lipinski definition) is 5. The molecule has 1 aromatic heterocycles. The number of rotatable bonds is 6. The highest BCUT2D eigenvalue weighted by molar-refractivity contribution is 5.84. The van der Waals surface area contributed by atoms with Crippen LogP contribution in [-0.4, -0.2) is 34.7 Å². The topological polar surface area (TPSA) is 109 Å². The third-order valence-corrected chi connectivity index (χ3v) is 3.90. The van der Waals surface area contributed by atoms with E-state index in [2.05, 4.69) is 26.1 Å². The van der Waals surface area contributed by atoms with E-state index in [0.717, 1.165) is 24.0 Å². The number of amides is 3. The number of aryl methyl sites for hydroxylation is 1. The van der Waals surface area contributed by atoms with Crippen molar-refractivity contribution in [1.29, 1.82) is 0 Å². The van der Waals surface area contributed by atoms with Crippen molar-refractivity contribution in [3.8, 4) is 11.4 Å². The molecular weight excluding hydrogens is 322 g/mol. The standard InChI is InChI=1S/C17H21N5O3/c1-10-5-3-4-6-13(10)15-21-16(25-22-15)11(2)19-17(24)18-9-14(23)20-12-7-8-12/h3-6,11-12H,7-9H2,1-2H3,(H,20,23)(H2,18,19,24). The van der Waals surface area contributed by atoms with Gasteiger partial charge in [-0.25, -0.2) is 4.79 Å². The Morgan fingerprint density at radius 3 is 2.80 bits per heavy atom. The molecule has 1 heterocycles. The zero-order valence-corrected chi connectivity index (χ0v) is 14.2. The van der Waals surface area contributed by atoms with E-state index < -0.39 is 12.1 Å². The lowest BCUT2D eigenvalue weighted by Crippen LogP contribution is -2.43. The minimum absolute atomic E-state index is 0.0622. The molecule has 0 bridgehead atoms. The summed E-state index contributed by atoms with van der Waals surface area (Å²) in [5, 5.41) is 12.0. The van der Waals surface area contributed by atoms with Gasteiger partial charge in [0.1, 0.15) is 6.04 Å². The Bertz CT molecular complexity index is 769. The second-order valence-corrected chi connectivity index (χ2v) is 6.16. The molecule has 132 valence electrons. The average molecular weight is 343 g/mol. The number of carbonyl (C=O) groups is 2. The Kier molecular flexibility index (Phi) is 4.97. The minimum Gasteiger partial charge on any atom is -0.352 e. The second-order valence-electron chi connectivity index (χ2n) is 6.16. The van der Waals surface area contributed by atoms with Gasteiger partial charge in [0.2, 0.25) is 17.6 Å².